The Labute approximate surface area is 200 Å². The minimum atomic E-state index is -0.525. The van der Waals surface area contributed by atoms with Gasteiger partial charge in [0.05, 0.1) is 28.9 Å². The van der Waals surface area contributed by atoms with Crippen LogP contribution < -0.4 is 10.9 Å². The first-order valence-electron chi connectivity index (χ1n) is 11.5. The summed E-state index contributed by atoms with van der Waals surface area (Å²) in [6, 6.07) is 7.79. The fourth-order valence-electron chi connectivity index (χ4n) is 4.35. The third-order valence-corrected chi connectivity index (χ3v) is 6.35. The minimum Gasteiger partial charge on any atom is -0.381 e. The van der Waals surface area contributed by atoms with Gasteiger partial charge < -0.3 is 19.1 Å². The maximum absolute atomic E-state index is 14.3. The van der Waals surface area contributed by atoms with Crippen molar-refractivity contribution in [2.45, 2.75) is 26.3 Å². The first-order valence-corrected chi connectivity index (χ1v) is 11.5. The third kappa shape index (κ3) is 5.00. The highest BCUT2D eigenvalue weighted by Crippen LogP contribution is 2.23. The van der Waals surface area contributed by atoms with Crippen LogP contribution in [0.25, 0.3) is 22.0 Å². The molecule has 0 saturated carbocycles. The minimum absolute atomic E-state index is 0.124. The van der Waals surface area contributed by atoms with Gasteiger partial charge in [0.1, 0.15) is 12.1 Å². The zero-order chi connectivity index (χ0) is 24.4. The number of benzene rings is 1. The van der Waals surface area contributed by atoms with Crippen molar-refractivity contribution < 1.29 is 18.4 Å². The Hall–Kier alpha value is -3.85. The summed E-state index contributed by atoms with van der Waals surface area (Å²) in [6.45, 7) is 3.87. The molecule has 0 spiro atoms. The quantitative estimate of drug-likeness (QED) is 0.456. The smallest absolute Gasteiger partial charge is 0.260 e. The number of hydrogen-bond acceptors (Lipinski definition) is 6. The number of nitrogens with zero attached hydrogens (tertiary/aromatic N) is 3. The Morgan fingerprint density at radius 3 is 2.83 bits per heavy atom. The summed E-state index contributed by atoms with van der Waals surface area (Å²) in [7, 11) is 0. The molecule has 35 heavy (non-hydrogen) atoms. The fraction of sp³-hybridized carbons (Fsp3) is 0.308. The number of aromatic nitrogens is 3. The highest BCUT2D eigenvalue weighted by atomic mass is 19.1. The maximum Gasteiger partial charge on any atom is 0.260 e. The van der Waals surface area contributed by atoms with Crippen molar-refractivity contribution in [2.24, 2.45) is 5.92 Å². The Bertz CT molecular complexity index is 1440. The van der Waals surface area contributed by atoms with E-state index in [0.717, 1.165) is 23.8 Å². The molecule has 0 radical (unpaired) electrons. The van der Waals surface area contributed by atoms with Gasteiger partial charge in [0.2, 0.25) is 0 Å². The van der Waals surface area contributed by atoms with E-state index in [0.29, 0.717) is 48.0 Å². The molecule has 9 heteroatoms. The van der Waals surface area contributed by atoms with Crippen molar-refractivity contribution in [3.63, 3.8) is 0 Å². The van der Waals surface area contributed by atoms with Crippen LogP contribution in [0.1, 0.15) is 34.5 Å². The van der Waals surface area contributed by atoms with Crippen LogP contribution >= 0.6 is 0 Å². The largest absolute Gasteiger partial charge is 0.381 e. The molecule has 180 valence electrons. The molecule has 0 bridgehead atoms. The number of rotatable bonds is 6. The molecule has 1 aliphatic heterocycles. The lowest BCUT2D eigenvalue weighted by Crippen LogP contribution is -2.32. The molecule has 1 N–H and O–H groups in total. The number of carbonyl (C=O) groups excluding carboxylic acids is 1. The third-order valence-electron chi connectivity index (χ3n) is 6.35. The fourth-order valence-corrected chi connectivity index (χ4v) is 4.35. The van der Waals surface area contributed by atoms with Crippen molar-refractivity contribution >= 4 is 16.7 Å². The molecule has 0 atom stereocenters. The Balaban J connectivity index is 1.35. The second-order valence-electron chi connectivity index (χ2n) is 8.83. The van der Waals surface area contributed by atoms with Gasteiger partial charge in [-0.2, -0.15) is 0 Å². The van der Waals surface area contributed by atoms with Gasteiger partial charge in [-0.25, -0.2) is 4.39 Å². The van der Waals surface area contributed by atoms with Gasteiger partial charge in [0, 0.05) is 37.7 Å². The van der Waals surface area contributed by atoms with Gasteiger partial charge in [-0.1, -0.05) is 5.16 Å². The maximum atomic E-state index is 14.3. The van der Waals surface area contributed by atoms with Gasteiger partial charge in [-0.15, -0.1) is 0 Å². The second-order valence-corrected chi connectivity index (χ2v) is 8.83. The lowest BCUT2D eigenvalue weighted by Gasteiger charge is -2.22. The predicted molar refractivity (Wildman–Crippen MR) is 128 cm³/mol. The molecule has 8 nitrogen and oxygen atoms in total. The Kier molecular flexibility index (Phi) is 6.41. The number of nitrogens with one attached hydrogen (secondary N) is 1. The van der Waals surface area contributed by atoms with Crippen molar-refractivity contribution in [1.29, 1.82) is 0 Å². The van der Waals surface area contributed by atoms with E-state index in [9.17, 15) is 14.0 Å². The topological polar surface area (TPSA) is 99.3 Å². The zero-order valence-electron chi connectivity index (χ0n) is 19.3. The average molecular weight is 477 g/mol. The summed E-state index contributed by atoms with van der Waals surface area (Å²) in [4.78, 5) is 30.1. The first-order chi connectivity index (χ1) is 17.0. The molecule has 4 heterocycles. The van der Waals surface area contributed by atoms with E-state index < -0.39 is 5.82 Å². The zero-order valence-corrected chi connectivity index (χ0v) is 19.3. The monoisotopic (exact) mass is 476 g/mol. The number of pyridine rings is 2. The van der Waals surface area contributed by atoms with Crippen molar-refractivity contribution in [3.8, 4) is 11.3 Å². The predicted octanol–water partition coefficient (Wildman–Crippen LogP) is 3.70. The summed E-state index contributed by atoms with van der Waals surface area (Å²) in [5, 5.41) is 7.93. The summed E-state index contributed by atoms with van der Waals surface area (Å²) >= 11 is 0. The van der Waals surface area contributed by atoms with Crippen LogP contribution in [0.3, 0.4) is 0 Å². The molecule has 0 aliphatic carbocycles. The molecular weight excluding hydrogens is 451 g/mol. The standard InChI is InChI=1S/C26H25FN4O4/c1-16-23(15-35-30-16)24-11-19-2-5-31(26(33)22(19)13-28-24)14-18-8-20(10-21(27)9-18)25(32)29-12-17-3-6-34-7-4-17/h2,5,8-11,13,15,17H,3-4,6-7,12,14H2,1H3,(H,29,32). The number of aryl methyl sites for hydroxylation is 1. The average Bonchev–Trinajstić information content (AvgIpc) is 3.30. The van der Waals surface area contributed by atoms with Crippen molar-refractivity contribution in [3.05, 3.63) is 82.0 Å². The molecule has 4 aromatic rings. The van der Waals surface area contributed by atoms with Gasteiger partial charge in [0.25, 0.3) is 11.5 Å². The number of carbonyl (C=O) groups is 1. The Morgan fingerprint density at radius 1 is 1.23 bits per heavy atom. The van der Waals surface area contributed by atoms with E-state index in [-0.39, 0.29) is 23.6 Å². The van der Waals surface area contributed by atoms with Crippen LogP contribution in [0.15, 0.2) is 58.3 Å². The van der Waals surface area contributed by atoms with E-state index in [4.69, 9.17) is 9.26 Å². The van der Waals surface area contributed by atoms with Crippen LogP contribution in [0.2, 0.25) is 0 Å². The van der Waals surface area contributed by atoms with Crippen molar-refractivity contribution in [1.82, 2.24) is 20.0 Å². The molecular formula is C26H25FN4O4. The summed E-state index contributed by atoms with van der Waals surface area (Å²) in [6.07, 6.45) is 6.50. The number of amides is 1. The second kappa shape index (κ2) is 9.79. The van der Waals surface area contributed by atoms with E-state index in [2.05, 4.69) is 15.5 Å². The van der Waals surface area contributed by atoms with Crippen LogP contribution in [-0.4, -0.2) is 40.4 Å². The van der Waals surface area contributed by atoms with Crippen LogP contribution in [0.4, 0.5) is 4.39 Å². The van der Waals surface area contributed by atoms with Crippen LogP contribution in [-0.2, 0) is 11.3 Å². The van der Waals surface area contributed by atoms with E-state index in [1.165, 1.54) is 29.2 Å². The molecule has 1 saturated heterocycles. The number of fused-ring (bicyclic) bond motifs is 1. The van der Waals surface area contributed by atoms with Gasteiger partial charge >= 0.3 is 0 Å². The van der Waals surface area contributed by atoms with Crippen LogP contribution in [0, 0.1) is 18.7 Å². The molecule has 1 fully saturated rings. The summed E-state index contributed by atoms with van der Waals surface area (Å²) < 4.78 is 26.1. The van der Waals surface area contributed by atoms with Gasteiger partial charge in [-0.05, 0) is 67.0 Å². The van der Waals surface area contributed by atoms with Crippen molar-refractivity contribution in [2.75, 3.05) is 19.8 Å². The molecule has 1 amide bonds. The molecule has 1 aromatic carbocycles. The van der Waals surface area contributed by atoms with E-state index in [1.807, 2.05) is 19.1 Å². The van der Waals surface area contributed by atoms with E-state index >= 15 is 0 Å². The highest BCUT2D eigenvalue weighted by molar-refractivity contribution is 5.94. The highest BCUT2D eigenvalue weighted by Gasteiger charge is 2.16. The van der Waals surface area contributed by atoms with Gasteiger partial charge in [0.15, 0.2) is 0 Å². The molecule has 5 rings (SSSR count). The Morgan fingerprint density at radius 2 is 2.06 bits per heavy atom. The first kappa shape index (κ1) is 22.9. The van der Waals surface area contributed by atoms with Gasteiger partial charge in [-0.3, -0.25) is 14.6 Å². The SMILES string of the molecule is Cc1nocc1-c1cc2ccn(Cc3cc(F)cc(C(=O)NCC4CCOCC4)c3)c(=O)c2cn1. The summed E-state index contributed by atoms with van der Waals surface area (Å²) in [5.74, 6) is -0.494. The van der Waals surface area contributed by atoms with E-state index in [1.54, 1.807) is 12.3 Å². The number of ether oxygens (including phenoxy) is 1. The van der Waals surface area contributed by atoms with Crippen LogP contribution in [0.5, 0.6) is 0 Å². The summed E-state index contributed by atoms with van der Waals surface area (Å²) in [5.41, 5.74) is 2.64. The molecule has 1 aliphatic rings. The lowest BCUT2D eigenvalue weighted by molar-refractivity contribution is 0.0642. The number of halogens is 1. The number of hydrogen-bond donors (Lipinski definition) is 1. The normalized spacial score (nSPS) is 14.3. The molecule has 3 aromatic heterocycles. The molecule has 0 unspecified atom stereocenters. The lowest BCUT2D eigenvalue weighted by atomic mass is 10.0.